The van der Waals surface area contributed by atoms with Crippen LogP contribution in [0.2, 0.25) is 0 Å². The molecule has 0 spiro atoms. The molecule has 1 unspecified atom stereocenters. The maximum Gasteiger partial charge on any atom is 0.438 e. The molecule has 0 heterocycles. The molecular formula is C17H15F4N3O3. The summed E-state index contributed by atoms with van der Waals surface area (Å²) in [6.07, 6.45) is -5.30. The van der Waals surface area contributed by atoms with Crippen LogP contribution in [0, 0.1) is 5.82 Å². The number of alkyl halides is 3. The van der Waals surface area contributed by atoms with Crippen molar-refractivity contribution in [2.24, 2.45) is 0 Å². The number of benzene rings is 2. The maximum absolute atomic E-state index is 13.8. The van der Waals surface area contributed by atoms with E-state index in [1.807, 2.05) is 0 Å². The van der Waals surface area contributed by atoms with Crippen LogP contribution in [0.3, 0.4) is 0 Å². The zero-order valence-electron chi connectivity index (χ0n) is 13.9. The van der Waals surface area contributed by atoms with Crippen molar-refractivity contribution < 1.29 is 31.9 Å². The first kappa shape index (κ1) is 20.2. The Kier molecular flexibility index (Phi) is 6.01. The highest BCUT2D eigenvalue weighted by molar-refractivity contribution is 5.98. The molecule has 0 radical (unpaired) electrons. The number of hydrazine groups is 1. The van der Waals surface area contributed by atoms with E-state index in [9.17, 15) is 27.2 Å². The van der Waals surface area contributed by atoms with Gasteiger partial charge in [-0.25, -0.2) is 9.18 Å². The average molecular weight is 385 g/mol. The van der Waals surface area contributed by atoms with Gasteiger partial charge in [-0.3, -0.25) is 4.79 Å². The summed E-state index contributed by atoms with van der Waals surface area (Å²) in [7, 11) is 0.737. The standard InChI is InChI=1S/C17H15F4N3O3/c1-27-15(26)16(17(19,20)21,24-23-13-8-3-2-4-9-13)22-14(25)11-6-5-7-12(18)10-11/h2-10,23-24H,1H3,(H,22,25). The van der Waals surface area contributed by atoms with Gasteiger partial charge in [0, 0.05) is 11.3 Å². The van der Waals surface area contributed by atoms with Gasteiger partial charge >= 0.3 is 17.8 Å². The van der Waals surface area contributed by atoms with Gasteiger partial charge in [-0.05, 0) is 30.3 Å². The van der Waals surface area contributed by atoms with E-state index in [4.69, 9.17) is 0 Å². The van der Waals surface area contributed by atoms with Crippen LogP contribution < -0.4 is 16.2 Å². The van der Waals surface area contributed by atoms with Crippen LogP contribution in [-0.2, 0) is 9.53 Å². The SMILES string of the molecule is COC(=O)C(NNc1ccccc1)(NC(=O)c1cccc(F)c1)C(F)(F)F. The van der Waals surface area contributed by atoms with E-state index >= 15 is 0 Å². The molecule has 1 atom stereocenters. The number of hydrogen-bond donors (Lipinski definition) is 3. The van der Waals surface area contributed by atoms with Crippen LogP contribution in [0.4, 0.5) is 23.2 Å². The Morgan fingerprint density at radius 1 is 1.00 bits per heavy atom. The molecule has 0 saturated heterocycles. The highest BCUT2D eigenvalue weighted by atomic mass is 19.4. The van der Waals surface area contributed by atoms with Crippen LogP contribution in [0.15, 0.2) is 54.6 Å². The molecule has 27 heavy (non-hydrogen) atoms. The van der Waals surface area contributed by atoms with E-state index in [0.29, 0.717) is 0 Å². The third-order valence-electron chi connectivity index (χ3n) is 3.47. The summed E-state index contributed by atoms with van der Waals surface area (Å²) in [6.45, 7) is 0. The minimum Gasteiger partial charge on any atom is -0.466 e. The molecule has 6 nitrogen and oxygen atoms in total. The van der Waals surface area contributed by atoms with Crippen LogP contribution in [0.1, 0.15) is 10.4 Å². The van der Waals surface area contributed by atoms with Crippen molar-refractivity contribution in [1.29, 1.82) is 0 Å². The fourth-order valence-corrected chi connectivity index (χ4v) is 2.10. The van der Waals surface area contributed by atoms with Gasteiger partial charge in [-0.1, -0.05) is 24.3 Å². The summed E-state index contributed by atoms with van der Waals surface area (Å²) in [5.41, 5.74) is 0.154. The maximum atomic E-state index is 13.8. The Morgan fingerprint density at radius 3 is 2.22 bits per heavy atom. The van der Waals surface area contributed by atoms with E-state index in [-0.39, 0.29) is 5.69 Å². The molecule has 0 fully saturated rings. The van der Waals surface area contributed by atoms with E-state index in [0.717, 1.165) is 31.4 Å². The van der Waals surface area contributed by atoms with Crippen molar-refractivity contribution in [1.82, 2.24) is 10.7 Å². The first-order valence-corrected chi connectivity index (χ1v) is 7.51. The lowest BCUT2D eigenvalue weighted by Crippen LogP contribution is -2.73. The first-order chi connectivity index (χ1) is 12.7. The van der Waals surface area contributed by atoms with Crippen molar-refractivity contribution in [3.63, 3.8) is 0 Å². The predicted octanol–water partition coefficient (Wildman–Crippen LogP) is 2.60. The molecular weight excluding hydrogens is 370 g/mol. The number of para-hydroxylation sites is 1. The molecule has 0 aliphatic rings. The fraction of sp³-hybridized carbons (Fsp3) is 0.176. The number of amides is 1. The Balaban J connectivity index is 2.38. The molecule has 0 aromatic heterocycles. The predicted molar refractivity (Wildman–Crippen MR) is 87.9 cm³/mol. The number of anilines is 1. The number of hydrogen-bond acceptors (Lipinski definition) is 5. The first-order valence-electron chi connectivity index (χ1n) is 7.51. The minimum atomic E-state index is -5.30. The number of carbonyl (C=O) groups excluding carboxylic acids is 2. The van der Waals surface area contributed by atoms with E-state index < -0.39 is 35.1 Å². The molecule has 0 aliphatic heterocycles. The van der Waals surface area contributed by atoms with Crippen molar-refractivity contribution in [2.75, 3.05) is 12.5 Å². The molecule has 0 aliphatic carbocycles. The summed E-state index contributed by atoms with van der Waals surface area (Å²) >= 11 is 0. The largest absolute Gasteiger partial charge is 0.466 e. The second-order valence-corrected chi connectivity index (χ2v) is 5.32. The molecule has 2 rings (SSSR count). The van der Waals surface area contributed by atoms with Gasteiger partial charge < -0.3 is 15.5 Å². The number of methoxy groups -OCH3 is 1. The summed E-state index contributed by atoms with van der Waals surface area (Å²) in [4.78, 5) is 24.2. The summed E-state index contributed by atoms with van der Waals surface area (Å²) in [6, 6.07) is 11.6. The zero-order valence-corrected chi connectivity index (χ0v) is 13.9. The average Bonchev–Trinajstić information content (AvgIpc) is 2.64. The van der Waals surface area contributed by atoms with Gasteiger partial charge in [-0.15, -0.1) is 0 Å². The monoisotopic (exact) mass is 385 g/mol. The Labute approximate surface area is 151 Å². The van der Waals surface area contributed by atoms with E-state index in [1.165, 1.54) is 12.1 Å². The van der Waals surface area contributed by atoms with Crippen molar-refractivity contribution in [3.8, 4) is 0 Å². The molecule has 2 aromatic carbocycles. The normalized spacial score (nSPS) is 13.4. The summed E-state index contributed by atoms with van der Waals surface area (Å²) < 4.78 is 58.8. The van der Waals surface area contributed by atoms with Crippen molar-refractivity contribution >= 4 is 17.6 Å². The highest BCUT2D eigenvalue weighted by Gasteiger charge is 2.63. The van der Waals surface area contributed by atoms with Crippen LogP contribution >= 0.6 is 0 Å². The number of nitrogens with one attached hydrogen (secondary N) is 3. The lowest BCUT2D eigenvalue weighted by molar-refractivity contribution is -0.215. The topological polar surface area (TPSA) is 79.5 Å². The second-order valence-electron chi connectivity index (χ2n) is 5.32. The third kappa shape index (κ3) is 4.53. The van der Waals surface area contributed by atoms with Gasteiger partial charge in [0.2, 0.25) is 0 Å². The van der Waals surface area contributed by atoms with Gasteiger partial charge in [-0.2, -0.15) is 18.6 Å². The summed E-state index contributed by atoms with van der Waals surface area (Å²) in [5.74, 6) is -3.98. The molecule has 1 amide bonds. The van der Waals surface area contributed by atoms with Gasteiger partial charge in [0.1, 0.15) is 5.82 Å². The number of esters is 1. The third-order valence-corrected chi connectivity index (χ3v) is 3.47. The summed E-state index contributed by atoms with van der Waals surface area (Å²) in [5, 5.41) is 1.56. The quantitative estimate of drug-likeness (QED) is 0.308. The molecule has 0 saturated carbocycles. The fourth-order valence-electron chi connectivity index (χ4n) is 2.10. The zero-order chi connectivity index (χ0) is 20.1. The van der Waals surface area contributed by atoms with Gasteiger partial charge in [0.05, 0.1) is 7.11 Å². The van der Waals surface area contributed by atoms with Crippen LogP contribution in [-0.4, -0.2) is 30.8 Å². The smallest absolute Gasteiger partial charge is 0.438 e. The van der Waals surface area contributed by atoms with E-state index in [2.05, 4.69) is 10.2 Å². The Hall–Kier alpha value is -3.14. The van der Waals surface area contributed by atoms with Crippen LogP contribution in [0.5, 0.6) is 0 Å². The van der Waals surface area contributed by atoms with Gasteiger partial charge in [0.15, 0.2) is 0 Å². The number of carbonyl (C=O) groups is 2. The lowest BCUT2D eigenvalue weighted by atomic mass is 10.1. The Morgan fingerprint density at radius 2 is 1.67 bits per heavy atom. The molecule has 3 N–H and O–H groups in total. The molecule has 2 aromatic rings. The molecule has 0 bridgehead atoms. The molecule has 10 heteroatoms. The minimum absolute atomic E-state index is 0.190. The Bertz CT molecular complexity index is 815. The second kappa shape index (κ2) is 8.04. The lowest BCUT2D eigenvalue weighted by Gasteiger charge is -2.34. The van der Waals surface area contributed by atoms with Crippen LogP contribution in [0.25, 0.3) is 0 Å². The highest BCUT2D eigenvalue weighted by Crippen LogP contribution is 2.30. The van der Waals surface area contributed by atoms with Gasteiger partial charge in [0.25, 0.3) is 5.91 Å². The number of ether oxygens (including phenoxy) is 1. The number of halogens is 4. The van der Waals surface area contributed by atoms with Crippen molar-refractivity contribution in [3.05, 3.63) is 66.0 Å². The molecule has 144 valence electrons. The van der Waals surface area contributed by atoms with E-state index in [1.54, 1.807) is 28.9 Å². The van der Waals surface area contributed by atoms with Crippen molar-refractivity contribution in [2.45, 2.75) is 11.8 Å². The number of rotatable bonds is 6.